The molecule has 8 nitrogen and oxygen atoms in total. The van der Waals surface area contributed by atoms with Crippen LogP contribution in [0.1, 0.15) is 27.7 Å². The van der Waals surface area contributed by atoms with E-state index in [0.29, 0.717) is 37.1 Å². The van der Waals surface area contributed by atoms with Gasteiger partial charge in [-0.3, -0.25) is 4.99 Å². The summed E-state index contributed by atoms with van der Waals surface area (Å²) in [6, 6.07) is 7.51. The third-order valence-corrected chi connectivity index (χ3v) is 3.26. The van der Waals surface area contributed by atoms with Crippen LogP contribution in [0.25, 0.3) is 0 Å². The lowest BCUT2D eigenvalue weighted by atomic mass is 10.2. The molecule has 152 valence electrons. The molecule has 0 saturated heterocycles. The van der Waals surface area contributed by atoms with Gasteiger partial charge in [-0.05, 0) is 39.8 Å². The third-order valence-electron chi connectivity index (χ3n) is 3.26. The van der Waals surface area contributed by atoms with E-state index in [1.807, 2.05) is 52.0 Å². The van der Waals surface area contributed by atoms with E-state index >= 15 is 0 Å². The Morgan fingerprint density at radius 3 is 2.33 bits per heavy atom. The first kappa shape index (κ1) is 22.4. The number of amides is 1. The zero-order valence-corrected chi connectivity index (χ0v) is 17.1. The molecule has 3 N–H and O–H groups in total. The second-order valence-corrected chi connectivity index (χ2v) is 6.89. The maximum Gasteiger partial charge on any atom is 0.407 e. The van der Waals surface area contributed by atoms with Gasteiger partial charge in [0, 0.05) is 20.1 Å². The summed E-state index contributed by atoms with van der Waals surface area (Å²) in [4.78, 5) is 15.7. The van der Waals surface area contributed by atoms with E-state index in [0.717, 1.165) is 0 Å². The Hall–Kier alpha value is -2.64. The summed E-state index contributed by atoms with van der Waals surface area (Å²) in [6.07, 6.45) is -0.536. The van der Waals surface area contributed by atoms with Crippen LogP contribution in [0.15, 0.2) is 29.3 Å². The van der Waals surface area contributed by atoms with Crippen molar-refractivity contribution in [1.82, 2.24) is 16.0 Å². The quantitative estimate of drug-likeness (QED) is 0.364. The summed E-state index contributed by atoms with van der Waals surface area (Å²) < 4.78 is 16.3. The van der Waals surface area contributed by atoms with Crippen molar-refractivity contribution >= 4 is 12.1 Å². The number of carbonyl (C=O) groups excluding carboxylic acids is 1. The van der Waals surface area contributed by atoms with Crippen LogP contribution in [-0.4, -0.2) is 57.5 Å². The molecule has 0 spiro atoms. The van der Waals surface area contributed by atoms with E-state index in [1.165, 1.54) is 0 Å². The van der Waals surface area contributed by atoms with Gasteiger partial charge in [-0.25, -0.2) is 4.79 Å². The number of nitrogens with one attached hydrogen (secondary N) is 3. The van der Waals surface area contributed by atoms with Gasteiger partial charge in [-0.1, -0.05) is 12.1 Å². The highest BCUT2D eigenvalue weighted by molar-refractivity contribution is 5.79. The molecular formula is C19H32N4O4. The summed E-state index contributed by atoms with van der Waals surface area (Å²) in [5, 5.41) is 8.98. The molecule has 0 radical (unpaired) electrons. The summed E-state index contributed by atoms with van der Waals surface area (Å²) in [7, 11) is 3.30. The second-order valence-electron chi connectivity index (χ2n) is 6.89. The molecule has 27 heavy (non-hydrogen) atoms. The van der Waals surface area contributed by atoms with Crippen LogP contribution in [-0.2, 0) is 4.74 Å². The Kier molecular flexibility index (Phi) is 9.25. The van der Waals surface area contributed by atoms with Crippen molar-refractivity contribution in [3.8, 4) is 11.5 Å². The Balaban J connectivity index is 2.30. The molecule has 1 aromatic rings. The Labute approximate surface area is 161 Å². The maximum absolute atomic E-state index is 11.6. The molecular weight excluding hydrogens is 348 g/mol. The maximum atomic E-state index is 11.6. The summed E-state index contributed by atoms with van der Waals surface area (Å²) in [6.45, 7) is 8.91. The van der Waals surface area contributed by atoms with Crippen molar-refractivity contribution < 1.29 is 19.0 Å². The zero-order chi connectivity index (χ0) is 20.3. The van der Waals surface area contributed by atoms with Gasteiger partial charge < -0.3 is 30.2 Å². The topological polar surface area (TPSA) is 93.2 Å². The van der Waals surface area contributed by atoms with E-state index in [1.54, 1.807) is 14.2 Å². The fraction of sp³-hybridized carbons (Fsp3) is 0.579. The van der Waals surface area contributed by atoms with Gasteiger partial charge in [-0.15, -0.1) is 0 Å². The van der Waals surface area contributed by atoms with Crippen molar-refractivity contribution in [2.75, 3.05) is 33.8 Å². The standard InChI is InChI=1S/C19H32N4O4/c1-14(26-16-10-8-7-9-15(16)25-6)13-23-17(20-5)21-11-12-22-18(24)27-19(2,3)4/h7-10,14H,11-13H2,1-6H3,(H,22,24)(H2,20,21,23). The monoisotopic (exact) mass is 380 g/mol. The number of alkyl carbamates (subject to hydrolysis) is 1. The average Bonchev–Trinajstić information content (AvgIpc) is 2.60. The van der Waals surface area contributed by atoms with Crippen molar-refractivity contribution in [3.05, 3.63) is 24.3 Å². The number of hydrogen-bond acceptors (Lipinski definition) is 5. The van der Waals surface area contributed by atoms with Crippen LogP contribution < -0.4 is 25.4 Å². The van der Waals surface area contributed by atoms with E-state index in [9.17, 15) is 4.79 Å². The van der Waals surface area contributed by atoms with Gasteiger partial charge in [0.2, 0.25) is 0 Å². The molecule has 0 fully saturated rings. The van der Waals surface area contributed by atoms with Gasteiger partial charge in [0.15, 0.2) is 17.5 Å². The van der Waals surface area contributed by atoms with Crippen LogP contribution in [0.3, 0.4) is 0 Å². The number of carbonyl (C=O) groups is 1. The van der Waals surface area contributed by atoms with Gasteiger partial charge in [0.1, 0.15) is 11.7 Å². The number of rotatable bonds is 8. The fourth-order valence-corrected chi connectivity index (χ4v) is 2.10. The van der Waals surface area contributed by atoms with Gasteiger partial charge in [0.25, 0.3) is 0 Å². The van der Waals surface area contributed by atoms with Crippen LogP contribution in [0.4, 0.5) is 4.79 Å². The molecule has 8 heteroatoms. The lowest BCUT2D eigenvalue weighted by Gasteiger charge is -2.20. The number of ether oxygens (including phenoxy) is 3. The highest BCUT2D eigenvalue weighted by atomic mass is 16.6. The van der Waals surface area contributed by atoms with E-state index in [4.69, 9.17) is 14.2 Å². The number of methoxy groups -OCH3 is 1. The molecule has 0 aromatic heterocycles. The molecule has 1 rings (SSSR count). The molecule has 0 bridgehead atoms. The molecule has 0 saturated carbocycles. The number of hydrogen-bond donors (Lipinski definition) is 3. The fourth-order valence-electron chi connectivity index (χ4n) is 2.10. The van der Waals surface area contributed by atoms with E-state index in [2.05, 4.69) is 20.9 Å². The first-order valence-corrected chi connectivity index (χ1v) is 8.96. The van der Waals surface area contributed by atoms with Crippen LogP contribution >= 0.6 is 0 Å². The predicted octanol–water partition coefficient (Wildman–Crippen LogP) is 2.15. The molecule has 1 aromatic carbocycles. The van der Waals surface area contributed by atoms with Crippen molar-refractivity contribution in [2.45, 2.75) is 39.4 Å². The average molecular weight is 380 g/mol. The lowest BCUT2D eigenvalue weighted by Crippen LogP contribution is -2.44. The SMILES string of the molecule is CN=C(NCCNC(=O)OC(C)(C)C)NCC(C)Oc1ccccc1OC. The summed E-state index contributed by atoms with van der Waals surface area (Å²) in [5.41, 5.74) is -0.507. The molecule has 0 aliphatic heterocycles. The van der Waals surface area contributed by atoms with Crippen molar-refractivity contribution in [2.24, 2.45) is 4.99 Å². The van der Waals surface area contributed by atoms with Crippen molar-refractivity contribution in [1.29, 1.82) is 0 Å². The molecule has 1 unspecified atom stereocenters. The minimum Gasteiger partial charge on any atom is -0.493 e. The highest BCUT2D eigenvalue weighted by Crippen LogP contribution is 2.26. The lowest BCUT2D eigenvalue weighted by molar-refractivity contribution is 0.0529. The van der Waals surface area contributed by atoms with E-state index < -0.39 is 11.7 Å². The first-order valence-electron chi connectivity index (χ1n) is 8.96. The molecule has 1 atom stereocenters. The number of guanidine groups is 1. The molecule has 0 aliphatic rings. The van der Waals surface area contributed by atoms with Crippen molar-refractivity contribution in [3.63, 3.8) is 0 Å². The van der Waals surface area contributed by atoms with E-state index in [-0.39, 0.29) is 6.10 Å². The summed E-state index contributed by atoms with van der Waals surface area (Å²) in [5.74, 6) is 2.01. The van der Waals surface area contributed by atoms with Gasteiger partial charge in [-0.2, -0.15) is 0 Å². The van der Waals surface area contributed by atoms with Crippen LogP contribution in [0, 0.1) is 0 Å². The molecule has 0 aliphatic carbocycles. The van der Waals surface area contributed by atoms with Gasteiger partial charge in [0.05, 0.1) is 13.7 Å². The van der Waals surface area contributed by atoms with Gasteiger partial charge >= 0.3 is 6.09 Å². The van der Waals surface area contributed by atoms with Crippen LogP contribution in [0.5, 0.6) is 11.5 Å². The summed E-state index contributed by atoms with van der Waals surface area (Å²) >= 11 is 0. The highest BCUT2D eigenvalue weighted by Gasteiger charge is 2.15. The Morgan fingerprint density at radius 2 is 1.74 bits per heavy atom. The third kappa shape index (κ3) is 9.58. The zero-order valence-electron chi connectivity index (χ0n) is 17.1. The Morgan fingerprint density at radius 1 is 1.11 bits per heavy atom. The normalized spacial score (nSPS) is 12.7. The first-order chi connectivity index (χ1) is 12.7. The minimum absolute atomic E-state index is 0.0975. The smallest absolute Gasteiger partial charge is 0.407 e. The van der Waals surface area contributed by atoms with Crippen LogP contribution in [0.2, 0.25) is 0 Å². The molecule has 0 heterocycles. The minimum atomic E-state index is -0.507. The number of para-hydroxylation sites is 2. The Bertz CT molecular complexity index is 614. The largest absolute Gasteiger partial charge is 0.493 e. The number of benzene rings is 1. The number of nitrogens with zero attached hydrogens (tertiary/aromatic N) is 1. The predicted molar refractivity (Wildman–Crippen MR) is 107 cm³/mol. The second kappa shape index (κ2) is 11.2. The molecule has 1 amide bonds. The number of aliphatic imine (C=N–C) groups is 1.